The van der Waals surface area contributed by atoms with Crippen molar-refractivity contribution in [3.63, 3.8) is 0 Å². The first-order valence-electron chi connectivity index (χ1n) is 15.1. The smallest absolute Gasteiger partial charge is 0.308 e. The van der Waals surface area contributed by atoms with Crippen molar-refractivity contribution in [2.75, 3.05) is 84.0 Å². The van der Waals surface area contributed by atoms with Crippen LogP contribution in [0.3, 0.4) is 0 Å². The van der Waals surface area contributed by atoms with Crippen molar-refractivity contribution in [1.82, 2.24) is 4.58 Å². The minimum atomic E-state index is -0.490. The van der Waals surface area contributed by atoms with E-state index in [1.165, 1.54) is 6.92 Å². The van der Waals surface area contributed by atoms with Crippen molar-refractivity contribution in [2.24, 2.45) is 0 Å². The Bertz CT molecular complexity index is 1730. The summed E-state index contributed by atoms with van der Waals surface area (Å²) in [7, 11) is 13.8. The molecule has 0 unspecified atom stereocenters. The molecule has 0 fully saturated rings. The lowest BCUT2D eigenvalue weighted by Crippen LogP contribution is -2.27. The summed E-state index contributed by atoms with van der Waals surface area (Å²) >= 11 is 0. The molecule has 0 bridgehead atoms. The van der Waals surface area contributed by atoms with E-state index in [4.69, 9.17) is 18.6 Å². The molecule has 1 aliphatic carbocycles. The molecule has 4 rings (SSSR count). The minimum Gasteiger partial charge on any atom is -0.496 e. The predicted molar refractivity (Wildman–Crippen MR) is 188 cm³/mol. The Morgan fingerprint density at radius 2 is 1.63 bits per heavy atom. The van der Waals surface area contributed by atoms with Crippen LogP contribution in [-0.4, -0.2) is 81.2 Å². The first kappa shape index (κ1) is 36.0. The van der Waals surface area contributed by atoms with E-state index in [9.17, 15) is 9.59 Å². The largest absolute Gasteiger partial charge is 0.496 e. The predicted octanol–water partition coefficient (Wildman–Crippen LogP) is 5.47. The molecule has 248 valence electrons. The van der Waals surface area contributed by atoms with Crippen LogP contribution in [0.25, 0.3) is 33.4 Å². The quantitative estimate of drug-likeness (QED) is 0.0855. The Hall–Kier alpha value is -4.44. The molecule has 0 amide bonds. The molecule has 10 nitrogen and oxygen atoms in total. The van der Waals surface area contributed by atoms with Crippen LogP contribution in [0.5, 0.6) is 5.75 Å². The summed E-state index contributed by atoms with van der Waals surface area (Å²) in [4.78, 5) is 29.5. The number of carbonyl (C=O) groups is 2. The third-order valence-electron chi connectivity index (χ3n) is 7.78. The molecule has 2 aliphatic rings. The van der Waals surface area contributed by atoms with Gasteiger partial charge in [-0.3, -0.25) is 9.59 Å². The lowest BCUT2D eigenvalue weighted by Gasteiger charge is -2.30. The van der Waals surface area contributed by atoms with Gasteiger partial charge in [-0.2, -0.15) is 0 Å². The maximum atomic E-state index is 12.2. The molecule has 2 aromatic rings. The van der Waals surface area contributed by atoms with Crippen molar-refractivity contribution >= 4 is 52.4 Å². The molecule has 0 saturated carbocycles. The summed E-state index contributed by atoms with van der Waals surface area (Å²) in [5, 5.41) is 2.03. The first-order valence-corrected chi connectivity index (χ1v) is 15.1. The van der Waals surface area contributed by atoms with Crippen LogP contribution in [-0.2, 0) is 19.1 Å². The van der Waals surface area contributed by atoms with Crippen molar-refractivity contribution < 1.29 is 28.2 Å². The highest BCUT2D eigenvalue weighted by molar-refractivity contribution is 6.05. The second-order valence-electron chi connectivity index (χ2n) is 11.5. The Morgan fingerprint density at radius 3 is 2.24 bits per heavy atom. The van der Waals surface area contributed by atoms with Crippen LogP contribution in [0, 0.1) is 0 Å². The van der Waals surface area contributed by atoms with E-state index in [2.05, 4.69) is 74.7 Å². The van der Waals surface area contributed by atoms with Crippen molar-refractivity contribution in [3.05, 3.63) is 53.9 Å². The highest BCUT2D eigenvalue weighted by Gasteiger charge is 2.24. The number of benzene rings is 3. The molecule has 0 atom stereocenters. The third kappa shape index (κ3) is 8.04. The zero-order chi connectivity index (χ0) is 32.8. The normalized spacial score (nSPS) is 10.7. The number of ether oxygens (including phenoxy) is 3. The van der Waals surface area contributed by atoms with E-state index in [0.717, 1.165) is 68.1 Å². The van der Waals surface area contributed by atoms with Gasteiger partial charge in [0.2, 0.25) is 12.2 Å². The van der Waals surface area contributed by atoms with Crippen LogP contribution in [0.2, 0.25) is 0 Å². The average molecular weight is 654 g/mol. The second-order valence-corrected chi connectivity index (χ2v) is 11.5. The SMILES string of the molecule is CCN(CCCC(=O)OCOC(C)=O)c1cc(OC)c(-c2c3ccc(=[N+](C)C)cc-3oc3cc(N(C)C)ccc23)cc1N(C)C.Cl. The molecule has 1 heterocycles. The summed E-state index contributed by atoms with van der Waals surface area (Å²) in [5.74, 6) is 0.622. The number of fused-ring (bicyclic) bond motifs is 2. The molecule has 0 saturated heterocycles. The minimum absolute atomic E-state index is 0. The van der Waals surface area contributed by atoms with Gasteiger partial charge in [-0.1, -0.05) is 0 Å². The van der Waals surface area contributed by atoms with E-state index >= 15 is 0 Å². The Labute approximate surface area is 277 Å². The van der Waals surface area contributed by atoms with Gasteiger partial charge in [-0.15, -0.1) is 12.4 Å². The van der Waals surface area contributed by atoms with Crippen LogP contribution < -0.4 is 29.4 Å². The number of hydrogen-bond donors (Lipinski definition) is 0. The molecular formula is C35H46ClN4O6+. The fourth-order valence-electron chi connectivity index (χ4n) is 5.36. The number of hydrogen-bond acceptors (Lipinski definition) is 9. The molecule has 11 heteroatoms. The van der Waals surface area contributed by atoms with E-state index in [1.807, 2.05) is 42.3 Å². The number of esters is 2. The molecule has 0 aromatic heterocycles. The zero-order valence-electron chi connectivity index (χ0n) is 28.3. The van der Waals surface area contributed by atoms with Crippen LogP contribution in [0.15, 0.2) is 52.9 Å². The number of halogens is 1. The molecule has 0 spiro atoms. The van der Waals surface area contributed by atoms with Crippen molar-refractivity contribution in [1.29, 1.82) is 0 Å². The number of rotatable bonds is 12. The van der Waals surface area contributed by atoms with Gasteiger partial charge in [0.1, 0.15) is 31.2 Å². The summed E-state index contributed by atoms with van der Waals surface area (Å²) in [6.07, 6.45) is 0.779. The van der Waals surface area contributed by atoms with Gasteiger partial charge in [-0.25, -0.2) is 4.58 Å². The number of nitrogens with zero attached hydrogens (tertiary/aromatic N) is 4. The van der Waals surface area contributed by atoms with Crippen LogP contribution in [0.4, 0.5) is 17.1 Å². The van der Waals surface area contributed by atoms with Gasteiger partial charge >= 0.3 is 11.9 Å². The molecule has 0 radical (unpaired) electrons. The summed E-state index contributed by atoms with van der Waals surface area (Å²) in [6.45, 7) is 4.35. The van der Waals surface area contributed by atoms with Gasteiger partial charge in [-0.05, 0) is 37.6 Å². The number of carbonyl (C=O) groups excluding carboxylic acids is 2. The third-order valence-corrected chi connectivity index (χ3v) is 7.78. The fraction of sp³-hybridized carbons (Fsp3) is 0.400. The molecule has 0 N–H and O–H groups in total. The van der Waals surface area contributed by atoms with E-state index in [0.29, 0.717) is 13.0 Å². The standard InChI is InChI=1S/C35H45N4O6.ClH/c1-10-39(17-11-12-34(41)44-22-43-23(2)40)30-21-31(42-9)28(20-29(30)38(7)8)35-26-15-13-24(36(3)4)18-32(26)45-33-19-25(37(5)6)14-16-27(33)35;/h13-16,18-21H,10-12,17,22H2,1-9H3;1H/q+1;. The van der Waals surface area contributed by atoms with Gasteiger partial charge in [0.05, 0.1) is 24.6 Å². The molecule has 46 heavy (non-hydrogen) atoms. The van der Waals surface area contributed by atoms with Gasteiger partial charge < -0.3 is 33.3 Å². The Kier molecular flexibility index (Phi) is 12.3. The van der Waals surface area contributed by atoms with Gasteiger partial charge in [0, 0.05) is 101 Å². The van der Waals surface area contributed by atoms with Crippen molar-refractivity contribution in [3.8, 4) is 28.2 Å². The summed E-state index contributed by atoms with van der Waals surface area (Å²) in [5.41, 5.74) is 6.82. The van der Waals surface area contributed by atoms with E-state index in [-0.39, 0.29) is 25.6 Å². The summed E-state index contributed by atoms with van der Waals surface area (Å²) < 4.78 is 24.4. The Balaban J connectivity index is 0.00000576. The fourth-order valence-corrected chi connectivity index (χ4v) is 5.36. The van der Waals surface area contributed by atoms with Crippen molar-refractivity contribution in [2.45, 2.75) is 26.7 Å². The van der Waals surface area contributed by atoms with E-state index < -0.39 is 11.9 Å². The second kappa shape index (κ2) is 15.7. The van der Waals surface area contributed by atoms with Crippen LogP contribution >= 0.6 is 12.4 Å². The molecule has 1 aliphatic heterocycles. The lowest BCUT2D eigenvalue weighted by molar-refractivity contribution is -0.165. The van der Waals surface area contributed by atoms with Crippen LogP contribution in [0.1, 0.15) is 26.7 Å². The zero-order valence-corrected chi connectivity index (χ0v) is 29.1. The van der Waals surface area contributed by atoms with Gasteiger partial charge in [0.15, 0.2) is 0 Å². The Morgan fingerprint density at radius 1 is 0.891 bits per heavy atom. The molecular weight excluding hydrogens is 608 g/mol. The maximum absolute atomic E-state index is 12.2. The highest BCUT2D eigenvalue weighted by Crippen LogP contribution is 2.47. The number of anilines is 3. The topological polar surface area (TPSA) is 87.7 Å². The summed E-state index contributed by atoms with van der Waals surface area (Å²) in [6, 6.07) is 16.8. The number of methoxy groups -OCH3 is 1. The lowest BCUT2D eigenvalue weighted by atomic mass is 9.92. The maximum Gasteiger partial charge on any atom is 0.308 e. The highest BCUT2D eigenvalue weighted by atomic mass is 35.5. The van der Waals surface area contributed by atoms with Gasteiger partial charge in [0.25, 0.3) is 0 Å². The monoisotopic (exact) mass is 653 g/mol. The van der Waals surface area contributed by atoms with E-state index in [1.54, 1.807) is 7.11 Å². The molecule has 2 aromatic carbocycles. The first-order chi connectivity index (χ1) is 21.4. The average Bonchev–Trinajstić information content (AvgIpc) is 3.00.